The average Bonchev–Trinajstić information content (AvgIpc) is 2.77. The minimum absolute atomic E-state index is 0.0823. The molecule has 5 heteroatoms. The molecule has 1 amide bonds. The van der Waals surface area contributed by atoms with Crippen LogP contribution in [-0.4, -0.2) is 22.3 Å². The highest BCUT2D eigenvalue weighted by Gasteiger charge is 2.31. The number of benzene rings is 1. The Morgan fingerprint density at radius 1 is 1.15 bits per heavy atom. The largest absolute Gasteiger partial charge is 0.331 e. The van der Waals surface area contributed by atoms with Crippen LogP contribution < -0.4 is 0 Å². The monoisotopic (exact) mass is 272 g/mol. The molecule has 0 bridgehead atoms. The van der Waals surface area contributed by atoms with Crippen molar-refractivity contribution in [1.82, 2.24) is 4.90 Å². The number of nitro groups is 1. The first-order chi connectivity index (χ1) is 9.65. The molecule has 0 saturated carbocycles. The lowest BCUT2D eigenvalue weighted by molar-refractivity contribution is -0.384. The van der Waals surface area contributed by atoms with Crippen LogP contribution >= 0.6 is 0 Å². The first-order valence-electron chi connectivity index (χ1n) is 6.88. The fourth-order valence-corrected chi connectivity index (χ4v) is 2.96. The molecule has 1 aliphatic carbocycles. The zero-order valence-corrected chi connectivity index (χ0v) is 11.2. The first-order valence-corrected chi connectivity index (χ1v) is 6.88. The second kappa shape index (κ2) is 5.07. The quantitative estimate of drug-likeness (QED) is 0.627. The second-order valence-corrected chi connectivity index (χ2v) is 5.37. The van der Waals surface area contributed by atoms with Crippen molar-refractivity contribution in [2.24, 2.45) is 0 Å². The number of hydrogen-bond acceptors (Lipinski definition) is 3. The van der Waals surface area contributed by atoms with Crippen molar-refractivity contribution in [1.29, 1.82) is 0 Å². The predicted octanol–water partition coefficient (Wildman–Crippen LogP) is 2.81. The highest BCUT2D eigenvalue weighted by molar-refractivity contribution is 5.97. The Hall–Kier alpha value is -2.17. The maximum atomic E-state index is 12.3. The number of carbonyl (C=O) groups excluding carboxylic acids is 1. The lowest BCUT2D eigenvalue weighted by Gasteiger charge is -2.16. The van der Waals surface area contributed by atoms with E-state index in [0.717, 1.165) is 36.9 Å². The van der Waals surface area contributed by atoms with E-state index in [0.29, 0.717) is 6.54 Å². The van der Waals surface area contributed by atoms with Gasteiger partial charge in [0.05, 0.1) is 4.92 Å². The van der Waals surface area contributed by atoms with Gasteiger partial charge in [-0.25, -0.2) is 0 Å². The Morgan fingerprint density at radius 2 is 1.85 bits per heavy atom. The van der Waals surface area contributed by atoms with Crippen molar-refractivity contribution >= 4 is 11.6 Å². The third kappa shape index (κ3) is 2.31. The third-order valence-electron chi connectivity index (χ3n) is 4.03. The van der Waals surface area contributed by atoms with Gasteiger partial charge in [-0.15, -0.1) is 0 Å². The van der Waals surface area contributed by atoms with E-state index in [9.17, 15) is 14.9 Å². The SMILES string of the molecule is O=C1C2=C(CCCC2)CN1Cc1ccc([N+](=O)[O-])cc1. The van der Waals surface area contributed by atoms with E-state index in [-0.39, 0.29) is 11.6 Å². The average molecular weight is 272 g/mol. The van der Waals surface area contributed by atoms with Crippen LogP contribution in [-0.2, 0) is 11.3 Å². The van der Waals surface area contributed by atoms with Gasteiger partial charge in [-0.2, -0.15) is 0 Å². The molecule has 0 atom stereocenters. The van der Waals surface area contributed by atoms with Crippen molar-refractivity contribution in [3.8, 4) is 0 Å². The molecule has 0 fully saturated rings. The normalized spacial score (nSPS) is 18.4. The van der Waals surface area contributed by atoms with Gasteiger partial charge in [0.1, 0.15) is 0 Å². The molecule has 0 spiro atoms. The molecule has 0 aromatic heterocycles. The summed E-state index contributed by atoms with van der Waals surface area (Å²) in [4.78, 5) is 24.3. The van der Waals surface area contributed by atoms with Gasteiger partial charge in [0.2, 0.25) is 5.91 Å². The van der Waals surface area contributed by atoms with Gasteiger partial charge in [0.25, 0.3) is 5.69 Å². The Morgan fingerprint density at radius 3 is 2.50 bits per heavy atom. The summed E-state index contributed by atoms with van der Waals surface area (Å²) in [5.74, 6) is 0.151. The fraction of sp³-hybridized carbons (Fsp3) is 0.400. The Labute approximate surface area is 117 Å². The van der Waals surface area contributed by atoms with E-state index in [1.54, 1.807) is 12.1 Å². The van der Waals surface area contributed by atoms with Crippen LogP contribution in [0.15, 0.2) is 35.4 Å². The minimum Gasteiger partial charge on any atom is -0.331 e. The molecule has 20 heavy (non-hydrogen) atoms. The van der Waals surface area contributed by atoms with Gasteiger partial charge in [-0.1, -0.05) is 12.1 Å². The molecule has 0 saturated heterocycles. The van der Waals surface area contributed by atoms with Gasteiger partial charge in [0, 0.05) is 30.8 Å². The standard InChI is InChI=1S/C15H16N2O3/c18-15-14-4-2-1-3-12(14)10-16(15)9-11-5-7-13(8-6-11)17(19)20/h5-8H,1-4,9-10H2. The lowest BCUT2D eigenvalue weighted by atomic mass is 9.94. The van der Waals surface area contributed by atoms with E-state index in [1.165, 1.54) is 24.1 Å². The summed E-state index contributed by atoms with van der Waals surface area (Å²) in [6.07, 6.45) is 4.23. The van der Waals surface area contributed by atoms with Crippen molar-refractivity contribution < 1.29 is 9.72 Å². The Balaban J connectivity index is 1.70. The fourth-order valence-electron chi connectivity index (χ4n) is 2.96. The number of hydrogen-bond donors (Lipinski definition) is 0. The zero-order valence-electron chi connectivity index (χ0n) is 11.2. The molecular weight excluding hydrogens is 256 g/mol. The second-order valence-electron chi connectivity index (χ2n) is 5.37. The van der Waals surface area contributed by atoms with Gasteiger partial charge in [-0.3, -0.25) is 14.9 Å². The smallest absolute Gasteiger partial charge is 0.269 e. The van der Waals surface area contributed by atoms with E-state index < -0.39 is 4.92 Å². The number of non-ortho nitro benzene ring substituents is 1. The number of nitrogens with zero attached hydrogens (tertiary/aromatic N) is 2. The minimum atomic E-state index is -0.412. The molecule has 1 aliphatic heterocycles. The summed E-state index contributed by atoms with van der Waals surface area (Å²) >= 11 is 0. The van der Waals surface area contributed by atoms with E-state index in [4.69, 9.17) is 0 Å². The summed E-state index contributed by atoms with van der Waals surface area (Å²) < 4.78 is 0. The number of rotatable bonds is 3. The summed E-state index contributed by atoms with van der Waals surface area (Å²) in [5, 5.41) is 10.6. The highest BCUT2D eigenvalue weighted by atomic mass is 16.6. The van der Waals surface area contributed by atoms with Crippen LogP contribution in [0, 0.1) is 10.1 Å². The molecule has 2 aliphatic rings. The molecule has 1 aromatic rings. The maximum Gasteiger partial charge on any atom is 0.269 e. The van der Waals surface area contributed by atoms with Crippen LogP contribution in [0.4, 0.5) is 5.69 Å². The molecule has 3 rings (SSSR count). The van der Waals surface area contributed by atoms with Gasteiger partial charge < -0.3 is 4.90 Å². The molecule has 0 N–H and O–H groups in total. The van der Waals surface area contributed by atoms with Crippen LogP contribution in [0.1, 0.15) is 31.2 Å². The molecule has 104 valence electrons. The van der Waals surface area contributed by atoms with Gasteiger partial charge in [0.15, 0.2) is 0 Å². The summed E-state index contributed by atoms with van der Waals surface area (Å²) in [6, 6.07) is 6.43. The third-order valence-corrected chi connectivity index (χ3v) is 4.03. The molecular formula is C15H16N2O3. The van der Waals surface area contributed by atoms with Crippen LogP contribution in [0.2, 0.25) is 0 Å². The topological polar surface area (TPSA) is 63.5 Å². The van der Waals surface area contributed by atoms with Crippen LogP contribution in [0.5, 0.6) is 0 Å². The van der Waals surface area contributed by atoms with Gasteiger partial charge in [-0.05, 0) is 36.8 Å². The molecule has 0 unspecified atom stereocenters. The van der Waals surface area contributed by atoms with Crippen molar-refractivity contribution in [2.75, 3.05) is 6.54 Å². The summed E-state index contributed by atoms with van der Waals surface area (Å²) in [7, 11) is 0. The summed E-state index contributed by atoms with van der Waals surface area (Å²) in [5.41, 5.74) is 3.32. The van der Waals surface area contributed by atoms with Crippen LogP contribution in [0.25, 0.3) is 0 Å². The Kier molecular flexibility index (Phi) is 3.26. The maximum absolute atomic E-state index is 12.3. The van der Waals surface area contributed by atoms with Crippen molar-refractivity contribution in [3.63, 3.8) is 0 Å². The van der Waals surface area contributed by atoms with E-state index >= 15 is 0 Å². The predicted molar refractivity (Wildman–Crippen MR) is 74.0 cm³/mol. The van der Waals surface area contributed by atoms with E-state index in [2.05, 4.69) is 0 Å². The van der Waals surface area contributed by atoms with Gasteiger partial charge >= 0.3 is 0 Å². The zero-order chi connectivity index (χ0) is 14.1. The lowest BCUT2D eigenvalue weighted by Crippen LogP contribution is -2.26. The van der Waals surface area contributed by atoms with Crippen LogP contribution in [0.3, 0.4) is 0 Å². The first kappa shape index (κ1) is 12.8. The molecule has 0 radical (unpaired) electrons. The Bertz CT molecular complexity index is 590. The number of amides is 1. The number of carbonyl (C=O) groups is 1. The highest BCUT2D eigenvalue weighted by Crippen LogP contribution is 2.32. The molecule has 5 nitrogen and oxygen atoms in total. The van der Waals surface area contributed by atoms with E-state index in [1.807, 2.05) is 4.90 Å². The number of nitro benzene ring substituents is 1. The molecule has 1 heterocycles. The summed E-state index contributed by atoms with van der Waals surface area (Å²) in [6.45, 7) is 1.26. The van der Waals surface area contributed by atoms with Crippen molar-refractivity contribution in [3.05, 3.63) is 51.1 Å². The van der Waals surface area contributed by atoms with Crippen molar-refractivity contribution in [2.45, 2.75) is 32.2 Å². The molecule has 1 aromatic carbocycles.